The standard InChI is InChI=1S/C28H36ClF3N4O4/c1-18(17-35(4)26(38)27(39,28(30,31)32)20-7-6-8-21(16-20)40-5)15-19-11-13-36(14-12-19)23-10-9-22(24(29)33-23)25(37)34(2)3/h6-10,16,18-19,39H,11-15,17H2,1-5H3/t18-,27?/m1/s1. The lowest BCUT2D eigenvalue weighted by molar-refractivity contribution is -0.261. The zero-order valence-corrected chi connectivity index (χ0v) is 24.1. The van der Waals surface area contributed by atoms with E-state index in [0.29, 0.717) is 36.8 Å². The summed E-state index contributed by atoms with van der Waals surface area (Å²) in [6, 6.07) is 8.26. The highest BCUT2D eigenvalue weighted by molar-refractivity contribution is 6.32. The Bertz CT molecular complexity index is 1200. The number of halogens is 4. The number of aliphatic hydroxyl groups is 1. The summed E-state index contributed by atoms with van der Waals surface area (Å²) in [4.78, 5) is 34.1. The molecule has 1 aliphatic rings. The van der Waals surface area contributed by atoms with E-state index in [1.54, 1.807) is 26.2 Å². The first-order valence-electron chi connectivity index (χ1n) is 13.0. The van der Waals surface area contributed by atoms with Crippen molar-refractivity contribution in [3.8, 4) is 5.75 Å². The van der Waals surface area contributed by atoms with Gasteiger partial charge in [0.1, 0.15) is 16.7 Å². The van der Waals surface area contributed by atoms with Gasteiger partial charge in [-0.3, -0.25) is 9.59 Å². The Morgan fingerprint density at radius 2 is 1.82 bits per heavy atom. The van der Waals surface area contributed by atoms with Gasteiger partial charge >= 0.3 is 6.18 Å². The molecule has 0 radical (unpaired) electrons. The first kappa shape index (κ1) is 31.5. The van der Waals surface area contributed by atoms with Gasteiger partial charge in [-0.05, 0) is 55.4 Å². The molecule has 12 heteroatoms. The van der Waals surface area contributed by atoms with Gasteiger partial charge in [0.25, 0.3) is 17.4 Å². The highest BCUT2D eigenvalue weighted by Gasteiger charge is 2.61. The second kappa shape index (κ2) is 12.6. The number of rotatable bonds is 9. The van der Waals surface area contributed by atoms with E-state index in [1.165, 1.54) is 31.2 Å². The fraction of sp³-hybridized carbons (Fsp3) is 0.536. The molecule has 2 atom stereocenters. The zero-order chi connectivity index (χ0) is 29.8. The van der Waals surface area contributed by atoms with Crippen LogP contribution in [0.4, 0.5) is 19.0 Å². The van der Waals surface area contributed by atoms with Crippen molar-refractivity contribution >= 4 is 29.2 Å². The van der Waals surface area contributed by atoms with Crippen LogP contribution in [0, 0.1) is 11.8 Å². The second-order valence-electron chi connectivity index (χ2n) is 10.6. The number of amides is 2. The summed E-state index contributed by atoms with van der Waals surface area (Å²) < 4.78 is 47.2. The summed E-state index contributed by atoms with van der Waals surface area (Å²) >= 11 is 6.26. The molecule has 8 nitrogen and oxygen atoms in total. The molecular formula is C28H36ClF3N4O4. The number of nitrogens with zero attached hydrogens (tertiary/aromatic N) is 4. The van der Waals surface area contributed by atoms with Crippen LogP contribution in [0.15, 0.2) is 36.4 Å². The predicted octanol–water partition coefficient (Wildman–Crippen LogP) is 4.60. The van der Waals surface area contributed by atoms with Crippen molar-refractivity contribution in [3.63, 3.8) is 0 Å². The molecule has 0 bridgehead atoms. The molecule has 2 heterocycles. The summed E-state index contributed by atoms with van der Waals surface area (Å²) in [7, 11) is 5.85. The van der Waals surface area contributed by atoms with Crippen molar-refractivity contribution in [3.05, 3.63) is 52.7 Å². The van der Waals surface area contributed by atoms with E-state index >= 15 is 0 Å². The number of anilines is 1. The summed E-state index contributed by atoms with van der Waals surface area (Å²) in [6.45, 7) is 3.36. The van der Waals surface area contributed by atoms with E-state index in [1.807, 2.05) is 6.92 Å². The van der Waals surface area contributed by atoms with E-state index in [2.05, 4.69) is 9.88 Å². The first-order chi connectivity index (χ1) is 18.7. The summed E-state index contributed by atoms with van der Waals surface area (Å²) in [5.74, 6) is -0.671. The molecule has 2 aromatic rings. The Morgan fingerprint density at radius 1 is 1.18 bits per heavy atom. The molecule has 1 fully saturated rings. The van der Waals surface area contributed by atoms with Gasteiger partial charge in [-0.25, -0.2) is 4.98 Å². The molecule has 1 unspecified atom stereocenters. The normalized spacial score (nSPS) is 16.7. The molecule has 0 aliphatic carbocycles. The second-order valence-corrected chi connectivity index (χ2v) is 11.0. The van der Waals surface area contributed by atoms with E-state index in [4.69, 9.17) is 16.3 Å². The number of benzene rings is 1. The van der Waals surface area contributed by atoms with Gasteiger partial charge < -0.3 is 24.5 Å². The number of alkyl halides is 3. The van der Waals surface area contributed by atoms with E-state index in [-0.39, 0.29) is 29.3 Å². The number of hydrogen-bond donors (Lipinski definition) is 1. The van der Waals surface area contributed by atoms with Crippen LogP contribution >= 0.6 is 11.6 Å². The van der Waals surface area contributed by atoms with Gasteiger partial charge in [0, 0.05) is 46.3 Å². The summed E-state index contributed by atoms with van der Waals surface area (Å²) in [6.07, 6.45) is -2.86. The lowest BCUT2D eigenvalue weighted by Gasteiger charge is -2.36. The van der Waals surface area contributed by atoms with Crippen molar-refractivity contribution in [1.82, 2.24) is 14.8 Å². The third-order valence-electron chi connectivity index (χ3n) is 7.28. The van der Waals surface area contributed by atoms with Crippen LogP contribution in [0.5, 0.6) is 5.75 Å². The van der Waals surface area contributed by atoms with Crippen LogP contribution in [-0.4, -0.2) is 85.8 Å². The van der Waals surface area contributed by atoms with E-state index < -0.39 is 23.2 Å². The van der Waals surface area contributed by atoms with Gasteiger partial charge in [-0.1, -0.05) is 30.7 Å². The molecule has 1 N–H and O–H groups in total. The number of methoxy groups -OCH3 is 1. The molecule has 3 rings (SSSR count). The lowest BCUT2D eigenvalue weighted by Crippen LogP contribution is -2.55. The Hall–Kier alpha value is -3.05. The lowest BCUT2D eigenvalue weighted by atomic mass is 9.87. The van der Waals surface area contributed by atoms with Crippen LogP contribution in [0.3, 0.4) is 0 Å². The van der Waals surface area contributed by atoms with E-state index in [9.17, 15) is 27.9 Å². The van der Waals surface area contributed by atoms with Gasteiger partial charge in [-0.15, -0.1) is 0 Å². The van der Waals surface area contributed by atoms with Crippen molar-refractivity contribution in [1.29, 1.82) is 0 Å². The average molecular weight is 585 g/mol. The minimum Gasteiger partial charge on any atom is -0.497 e. The maximum atomic E-state index is 14.1. The van der Waals surface area contributed by atoms with Gasteiger partial charge in [0.15, 0.2) is 0 Å². The number of aromatic nitrogens is 1. The maximum Gasteiger partial charge on any atom is 0.430 e. The van der Waals surface area contributed by atoms with Crippen LogP contribution in [-0.2, 0) is 10.4 Å². The number of carbonyl (C=O) groups excluding carboxylic acids is 2. The Labute approximate surface area is 237 Å². The van der Waals surface area contributed by atoms with Gasteiger partial charge in [-0.2, -0.15) is 13.2 Å². The van der Waals surface area contributed by atoms with Crippen LogP contribution in [0.1, 0.15) is 42.1 Å². The SMILES string of the molecule is COc1cccc(C(O)(C(=O)N(C)C[C@H](C)CC2CCN(c3ccc(C(=O)N(C)C)c(Cl)n3)CC2)C(F)(F)F)c1. The maximum absolute atomic E-state index is 14.1. The number of hydrogen-bond acceptors (Lipinski definition) is 6. The smallest absolute Gasteiger partial charge is 0.430 e. The average Bonchev–Trinajstić information content (AvgIpc) is 2.91. The summed E-state index contributed by atoms with van der Waals surface area (Å²) in [5.41, 5.74) is -3.95. The highest BCUT2D eigenvalue weighted by Crippen LogP contribution is 2.41. The summed E-state index contributed by atoms with van der Waals surface area (Å²) in [5, 5.41) is 10.9. The molecule has 0 spiro atoms. The van der Waals surface area contributed by atoms with Gasteiger partial charge in [0.2, 0.25) is 0 Å². The largest absolute Gasteiger partial charge is 0.497 e. The third kappa shape index (κ3) is 6.80. The first-order valence-corrected chi connectivity index (χ1v) is 13.4. The quantitative estimate of drug-likeness (QED) is 0.434. The molecule has 1 saturated heterocycles. The van der Waals surface area contributed by atoms with Crippen LogP contribution in [0.25, 0.3) is 0 Å². The Balaban J connectivity index is 1.60. The van der Waals surface area contributed by atoms with Gasteiger partial charge in [0.05, 0.1) is 12.7 Å². The van der Waals surface area contributed by atoms with E-state index in [0.717, 1.165) is 29.9 Å². The predicted molar refractivity (Wildman–Crippen MR) is 147 cm³/mol. The third-order valence-corrected chi connectivity index (χ3v) is 7.57. The number of carbonyl (C=O) groups is 2. The van der Waals surface area contributed by atoms with Crippen molar-refractivity contribution < 1.29 is 32.6 Å². The molecule has 220 valence electrons. The molecule has 40 heavy (non-hydrogen) atoms. The number of pyridine rings is 1. The van der Waals surface area contributed by atoms with Crippen LogP contribution < -0.4 is 9.64 Å². The van der Waals surface area contributed by atoms with Crippen molar-refractivity contribution in [2.75, 3.05) is 52.8 Å². The number of likely N-dealkylation sites (N-methyl/N-ethyl adjacent to an activating group) is 1. The molecular weight excluding hydrogens is 549 g/mol. The molecule has 2 amide bonds. The van der Waals surface area contributed by atoms with Crippen molar-refractivity contribution in [2.24, 2.45) is 11.8 Å². The fourth-order valence-electron chi connectivity index (χ4n) is 5.13. The molecule has 0 saturated carbocycles. The molecule has 1 aromatic carbocycles. The minimum absolute atomic E-state index is 0.0555. The minimum atomic E-state index is -5.23. The van der Waals surface area contributed by atoms with Crippen LogP contribution in [0.2, 0.25) is 5.15 Å². The Kier molecular flexibility index (Phi) is 9.94. The monoisotopic (exact) mass is 584 g/mol. The van der Waals surface area contributed by atoms with Crippen molar-refractivity contribution in [2.45, 2.75) is 38.0 Å². The Morgan fingerprint density at radius 3 is 2.38 bits per heavy atom. The number of ether oxygens (including phenoxy) is 1. The molecule has 1 aliphatic heterocycles. The molecule has 1 aromatic heterocycles. The number of piperidine rings is 1. The fourth-order valence-corrected chi connectivity index (χ4v) is 5.36. The highest BCUT2D eigenvalue weighted by atomic mass is 35.5. The zero-order valence-electron chi connectivity index (χ0n) is 23.3. The topological polar surface area (TPSA) is 86.2 Å².